The summed E-state index contributed by atoms with van der Waals surface area (Å²) in [4.78, 5) is 17.5. The number of carboxylic acid groups (broad SMARTS) is 1. The number of ether oxygens (including phenoxy) is 1. The van der Waals surface area contributed by atoms with E-state index in [4.69, 9.17) is 5.11 Å². The molecule has 28 heavy (non-hydrogen) atoms. The van der Waals surface area contributed by atoms with Crippen molar-refractivity contribution in [2.75, 3.05) is 0 Å². The number of H-pyrrole nitrogens is 1. The van der Waals surface area contributed by atoms with Crippen LogP contribution in [0.15, 0.2) is 30.3 Å². The Morgan fingerprint density at radius 3 is 2.21 bits per heavy atom. The third-order valence-electron chi connectivity index (χ3n) is 4.02. The predicted molar refractivity (Wildman–Crippen MR) is 89.2 cm³/mol. The molecule has 3 rings (SSSR count). The first-order valence-electron chi connectivity index (χ1n) is 7.87. The maximum absolute atomic E-state index is 13.4. The molecule has 0 aliphatic rings. The number of fused-ring (bicyclic) bond motifs is 1. The Morgan fingerprint density at radius 2 is 1.68 bits per heavy atom. The molecular formula is C18H13F5N2O3. The molecule has 0 saturated heterocycles. The van der Waals surface area contributed by atoms with Gasteiger partial charge in [-0.15, -0.1) is 0 Å². The molecule has 10 heteroatoms. The number of rotatable bonds is 4. The second-order valence-corrected chi connectivity index (χ2v) is 6.18. The van der Waals surface area contributed by atoms with Gasteiger partial charge in [-0.05, 0) is 55.3 Å². The van der Waals surface area contributed by atoms with Crippen LogP contribution < -0.4 is 4.74 Å². The summed E-state index contributed by atoms with van der Waals surface area (Å²) in [5.74, 6) is -2.49. The number of aliphatic carboxylic acids is 1. The SMILES string of the molecule is Cc1cc(-c2nc3ccc(C(F)(F)F)cc3[nH]2)cc(C)c1OC(F)(F)C(=O)O. The topological polar surface area (TPSA) is 75.2 Å². The van der Waals surface area contributed by atoms with Crippen LogP contribution in [0.4, 0.5) is 22.0 Å². The number of nitrogens with zero attached hydrogens (tertiary/aromatic N) is 1. The van der Waals surface area contributed by atoms with Gasteiger partial charge in [-0.2, -0.15) is 22.0 Å². The quantitative estimate of drug-likeness (QED) is 0.610. The number of hydrogen-bond acceptors (Lipinski definition) is 3. The van der Waals surface area contributed by atoms with Crippen molar-refractivity contribution in [3.63, 3.8) is 0 Å². The summed E-state index contributed by atoms with van der Waals surface area (Å²) in [6, 6.07) is 5.90. The van der Waals surface area contributed by atoms with Crippen LogP contribution in [0.25, 0.3) is 22.4 Å². The summed E-state index contributed by atoms with van der Waals surface area (Å²) in [5, 5.41) is 8.51. The van der Waals surface area contributed by atoms with Gasteiger partial charge in [-0.1, -0.05) is 0 Å². The van der Waals surface area contributed by atoms with Crippen LogP contribution in [-0.4, -0.2) is 27.2 Å². The van der Waals surface area contributed by atoms with Crippen molar-refractivity contribution < 1.29 is 36.6 Å². The highest BCUT2D eigenvalue weighted by Gasteiger charge is 2.43. The lowest BCUT2D eigenvalue weighted by Gasteiger charge is -2.17. The zero-order chi connectivity index (χ0) is 20.9. The number of aromatic amines is 1. The minimum Gasteiger partial charge on any atom is -0.474 e. The zero-order valence-corrected chi connectivity index (χ0v) is 14.5. The van der Waals surface area contributed by atoms with Crippen LogP contribution in [0.1, 0.15) is 16.7 Å². The van der Waals surface area contributed by atoms with E-state index in [1.165, 1.54) is 32.0 Å². The van der Waals surface area contributed by atoms with E-state index in [0.29, 0.717) is 11.1 Å². The van der Waals surface area contributed by atoms with Gasteiger partial charge in [-0.3, -0.25) is 0 Å². The Kier molecular flexibility index (Phi) is 4.52. The van der Waals surface area contributed by atoms with E-state index in [0.717, 1.165) is 12.1 Å². The molecule has 0 fully saturated rings. The average Bonchev–Trinajstić information content (AvgIpc) is 3.00. The number of nitrogens with one attached hydrogen (secondary N) is 1. The van der Waals surface area contributed by atoms with Gasteiger partial charge in [0, 0.05) is 5.56 Å². The molecule has 3 aromatic rings. The lowest BCUT2D eigenvalue weighted by Crippen LogP contribution is -2.35. The summed E-state index contributed by atoms with van der Waals surface area (Å²) >= 11 is 0. The molecule has 0 bridgehead atoms. The van der Waals surface area contributed by atoms with Gasteiger partial charge >= 0.3 is 18.3 Å². The van der Waals surface area contributed by atoms with Gasteiger partial charge in [0.1, 0.15) is 11.6 Å². The van der Waals surface area contributed by atoms with Gasteiger partial charge in [0.05, 0.1) is 16.6 Å². The molecule has 0 unspecified atom stereocenters. The molecule has 0 aliphatic carbocycles. The molecule has 0 amide bonds. The zero-order valence-electron chi connectivity index (χ0n) is 14.5. The Hall–Kier alpha value is -3.17. The molecule has 0 atom stereocenters. The summed E-state index contributed by atoms with van der Waals surface area (Å²) in [6.07, 6.45) is -8.90. The van der Waals surface area contributed by atoms with E-state index in [1.807, 2.05) is 0 Å². The van der Waals surface area contributed by atoms with Crippen molar-refractivity contribution in [3.05, 3.63) is 47.0 Å². The van der Waals surface area contributed by atoms with Crippen LogP contribution in [-0.2, 0) is 11.0 Å². The number of hydrogen-bond donors (Lipinski definition) is 2. The first-order valence-corrected chi connectivity index (χ1v) is 7.87. The summed E-state index contributed by atoms with van der Waals surface area (Å²) in [6.45, 7) is 2.88. The third-order valence-corrected chi connectivity index (χ3v) is 4.02. The second-order valence-electron chi connectivity index (χ2n) is 6.18. The first-order chi connectivity index (χ1) is 12.9. The minimum atomic E-state index is -4.50. The number of benzene rings is 2. The van der Waals surface area contributed by atoms with Crippen LogP contribution in [0, 0.1) is 13.8 Å². The maximum atomic E-state index is 13.4. The fourth-order valence-corrected chi connectivity index (χ4v) is 2.74. The summed E-state index contributed by atoms with van der Waals surface area (Å²) < 4.78 is 69.6. The highest BCUT2D eigenvalue weighted by molar-refractivity contribution is 5.80. The summed E-state index contributed by atoms with van der Waals surface area (Å²) in [7, 11) is 0. The summed E-state index contributed by atoms with van der Waals surface area (Å²) in [5.41, 5.74) is 0.488. The molecule has 0 spiro atoms. The minimum absolute atomic E-state index is 0.165. The van der Waals surface area contributed by atoms with Gasteiger partial charge < -0.3 is 14.8 Å². The fraction of sp³-hybridized carbons (Fsp3) is 0.222. The highest BCUT2D eigenvalue weighted by atomic mass is 19.4. The fourth-order valence-electron chi connectivity index (χ4n) is 2.74. The predicted octanol–water partition coefficient (Wildman–Crippen LogP) is 4.92. The standard InChI is InChI=1S/C18H13F5N2O3/c1-8-5-10(6-9(2)14(8)28-18(22,23)16(26)27)15-24-12-4-3-11(17(19,20)21)7-13(12)25-15/h3-7H,1-2H3,(H,24,25)(H,26,27). The monoisotopic (exact) mass is 400 g/mol. The Bertz CT molecular complexity index is 1050. The molecule has 2 N–H and O–H groups in total. The number of imidazole rings is 1. The van der Waals surface area contributed by atoms with Gasteiger partial charge in [-0.25, -0.2) is 9.78 Å². The number of carbonyl (C=O) groups is 1. The number of aromatic nitrogens is 2. The third kappa shape index (κ3) is 3.62. The van der Waals surface area contributed by atoms with E-state index in [-0.39, 0.29) is 28.2 Å². The Morgan fingerprint density at radius 1 is 1.07 bits per heavy atom. The van der Waals surface area contributed by atoms with Crippen molar-refractivity contribution >= 4 is 17.0 Å². The van der Waals surface area contributed by atoms with Crippen molar-refractivity contribution in [1.82, 2.24) is 9.97 Å². The maximum Gasteiger partial charge on any atom is 0.501 e. The van der Waals surface area contributed by atoms with Gasteiger partial charge in [0.15, 0.2) is 0 Å². The van der Waals surface area contributed by atoms with Gasteiger partial charge in [0.25, 0.3) is 0 Å². The molecular weight excluding hydrogens is 387 g/mol. The molecule has 1 heterocycles. The first kappa shape index (κ1) is 19.6. The number of carboxylic acids is 1. The van der Waals surface area contributed by atoms with Crippen molar-refractivity contribution in [3.8, 4) is 17.1 Å². The van der Waals surface area contributed by atoms with Crippen LogP contribution in [0.5, 0.6) is 5.75 Å². The number of halogens is 5. The number of aryl methyl sites for hydroxylation is 2. The lowest BCUT2D eigenvalue weighted by molar-refractivity contribution is -0.211. The van der Waals surface area contributed by atoms with E-state index in [1.54, 1.807) is 0 Å². The Balaban J connectivity index is 2.01. The van der Waals surface area contributed by atoms with Crippen LogP contribution >= 0.6 is 0 Å². The normalized spacial score (nSPS) is 12.4. The smallest absolute Gasteiger partial charge is 0.474 e. The molecule has 2 aromatic carbocycles. The molecule has 1 aromatic heterocycles. The van der Waals surface area contributed by atoms with E-state index < -0.39 is 23.8 Å². The molecule has 0 aliphatic heterocycles. The van der Waals surface area contributed by atoms with E-state index in [2.05, 4.69) is 14.7 Å². The Labute approximate surface area is 154 Å². The van der Waals surface area contributed by atoms with Crippen LogP contribution in [0.3, 0.4) is 0 Å². The van der Waals surface area contributed by atoms with Crippen molar-refractivity contribution in [1.29, 1.82) is 0 Å². The largest absolute Gasteiger partial charge is 0.501 e. The molecule has 0 saturated carbocycles. The van der Waals surface area contributed by atoms with Crippen LogP contribution in [0.2, 0.25) is 0 Å². The van der Waals surface area contributed by atoms with Crippen molar-refractivity contribution in [2.24, 2.45) is 0 Å². The van der Waals surface area contributed by atoms with Gasteiger partial charge in [0.2, 0.25) is 0 Å². The highest BCUT2D eigenvalue weighted by Crippen LogP contribution is 2.34. The number of alkyl halides is 5. The second kappa shape index (κ2) is 6.47. The molecule has 5 nitrogen and oxygen atoms in total. The lowest BCUT2D eigenvalue weighted by atomic mass is 10.1. The average molecular weight is 400 g/mol. The van der Waals surface area contributed by atoms with E-state index >= 15 is 0 Å². The molecule has 0 radical (unpaired) electrons. The van der Waals surface area contributed by atoms with E-state index in [9.17, 15) is 26.7 Å². The van der Waals surface area contributed by atoms with Crippen molar-refractivity contribution in [2.45, 2.75) is 26.1 Å². The molecule has 148 valence electrons.